The van der Waals surface area contributed by atoms with Crippen LogP contribution in [0.2, 0.25) is 5.02 Å². The van der Waals surface area contributed by atoms with E-state index in [1.807, 2.05) is 11.4 Å². The van der Waals surface area contributed by atoms with Gasteiger partial charge >= 0.3 is 0 Å². The van der Waals surface area contributed by atoms with Gasteiger partial charge in [0, 0.05) is 30.8 Å². The van der Waals surface area contributed by atoms with Crippen LogP contribution in [0.1, 0.15) is 15.2 Å². The zero-order valence-corrected chi connectivity index (χ0v) is 13.3. The standard InChI is InChI=1S/C12H7Br2ClOS/c13-9-2-1-7(15)5-8(9)11(16)6-12-10(14)3-4-17-12/h1-5H,6H2. The maximum Gasteiger partial charge on any atom is 0.169 e. The topological polar surface area (TPSA) is 17.1 Å². The number of halogens is 3. The third-order valence-electron chi connectivity index (χ3n) is 2.24. The first kappa shape index (κ1) is 13.3. The van der Waals surface area contributed by atoms with E-state index < -0.39 is 0 Å². The second-order valence-corrected chi connectivity index (χ2v) is 6.56. The van der Waals surface area contributed by atoms with Crippen LogP contribution in [0.5, 0.6) is 0 Å². The summed E-state index contributed by atoms with van der Waals surface area (Å²) in [6.07, 6.45) is 0.386. The molecule has 1 aromatic carbocycles. The monoisotopic (exact) mass is 392 g/mol. The van der Waals surface area contributed by atoms with Gasteiger partial charge in [-0.25, -0.2) is 0 Å². The lowest BCUT2D eigenvalue weighted by Gasteiger charge is -2.03. The van der Waals surface area contributed by atoms with Gasteiger partial charge in [-0.2, -0.15) is 0 Å². The zero-order valence-electron chi connectivity index (χ0n) is 8.54. The molecule has 0 bridgehead atoms. The fourth-order valence-corrected chi connectivity index (χ4v) is 3.53. The predicted octanol–water partition coefficient (Wildman–Crippen LogP) is 5.35. The fraction of sp³-hybridized carbons (Fsp3) is 0.0833. The van der Waals surface area contributed by atoms with Crippen molar-refractivity contribution in [2.45, 2.75) is 6.42 Å². The molecule has 1 aromatic heterocycles. The van der Waals surface area contributed by atoms with E-state index >= 15 is 0 Å². The minimum atomic E-state index is 0.0579. The molecule has 17 heavy (non-hydrogen) atoms. The Balaban J connectivity index is 2.26. The van der Waals surface area contributed by atoms with Crippen molar-refractivity contribution < 1.29 is 4.79 Å². The summed E-state index contributed by atoms with van der Waals surface area (Å²) in [5.74, 6) is 0.0579. The highest BCUT2D eigenvalue weighted by Gasteiger charge is 2.13. The van der Waals surface area contributed by atoms with Gasteiger partial charge in [-0.1, -0.05) is 27.5 Å². The summed E-state index contributed by atoms with van der Waals surface area (Å²) in [4.78, 5) is 13.2. The summed E-state index contributed by atoms with van der Waals surface area (Å²) >= 11 is 14.2. The molecule has 1 heterocycles. The van der Waals surface area contributed by atoms with E-state index in [9.17, 15) is 4.79 Å². The van der Waals surface area contributed by atoms with Gasteiger partial charge in [0.15, 0.2) is 5.78 Å². The van der Waals surface area contributed by atoms with Crippen molar-refractivity contribution >= 4 is 60.6 Å². The lowest BCUT2D eigenvalue weighted by atomic mass is 10.1. The summed E-state index contributed by atoms with van der Waals surface area (Å²) < 4.78 is 1.76. The normalized spacial score (nSPS) is 10.5. The summed E-state index contributed by atoms with van der Waals surface area (Å²) in [6, 6.07) is 7.18. The highest BCUT2D eigenvalue weighted by Crippen LogP contribution is 2.27. The van der Waals surface area contributed by atoms with Crippen LogP contribution < -0.4 is 0 Å². The highest BCUT2D eigenvalue weighted by atomic mass is 79.9. The summed E-state index contributed by atoms with van der Waals surface area (Å²) in [5, 5.41) is 2.53. The smallest absolute Gasteiger partial charge is 0.169 e. The zero-order chi connectivity index (χ0) is 12.4. The minimum absolute atomic E-state index is 0.0579. The van der Waals surface area contributed by atoms with Gasteiger partial charge in [0.2, 0.25) is 0 Å². The number of hydrogen-bond donors (Lipinski definition) is 0. The largest absolute Gasteiger partial charge is 0.294 e. The van der Waals surface area contributed by atoms with Gasteiger partial charge < -0.3 is 0 Å². The second kappa shape index (κ2) is 5.65. The molecule has 0 unspecified atom stereocenters. The van der Waals surface area contributed by atoms with Crippen LogP contribution in [0.25, 0.3) is 0 Å². The summed E-state index contributed by atoms with van der Waals surface area (Å²) in [5.41, 5.74) is 0.623. The van der Waals surface area contributed by atoms with Gasteiger partial charge in [-0.3, -0.25) is 4.79 Å². The van der Waals surface area contributed by atoms with E-state index in [1.165, 1.54) is 0 Å². The molecule has 2 aromatic rings. The Bertz CT molecular complexity index is 565. The maximum absolute atomic E-state index is 12.1. The number of rotatable bonds is 3. The van der Waals surface area contributed by atoms with Crippen LogP contribution in [0.4, 0.5) is 0 Å². The number of hydrogen-bond acceptors (Lipinski definition) is 2. The quantitative estimate of drug-likeness (QED) is 0.641. The van der Waals surface area contributed by atoms with Gasteiger partial charge in [-0.15, -0.1) is 11.3 Å². The Labute approximate surface area is 125 Å². The number of carbonyl (C=O) groups is 1. The molecule has 88 valence electrons. The van der Waals surface area contributed by atoms with Crippen molar-refractivity contribution in [3.63, 3.8) is 0 Å². The molecule has 1 nitrogen and oxygen atoms in total. The van der Waals surface area contributed by atoms with E-state index in [2.05, 4.69) is 31.9 Å². The summed E-state index contributed by atoms with van der Waals surface area (Å²) in [6.45, 7) is 0. The van der Waals surface area contributed by atoms with Gasteiger partial charge in [0.05, 0.1) is 0 Å². The molecular formula is C12H7Br2ClOS. The Kier molecular flexibility index (Phi) is 4.42. The molecular weight excluding hydrogens is 387 g/mol. The molecule has 0 aliphatic heterocycles. The third-order valence-corrected chi connectivity index (χ3v) is 5.09. The lowest BCUT2D eigenvalue weighted by Crippen LogP contribution is -2.03. The lowest BCUT2D eigenvalue weighted by molar-refractivity contribution is 0.0993. The Morgan fingerprint density at radius 1 is 1.24 bits per heavy atom. The molecule has 0 amide bonds. The highest BCUT2D eigenvalue weighted by molar-refractivity contribution is 9.10. The Morgan fingerprint density at radius 2 is 2.00 bits per heavy atom. The SMILES string of the molecule is O=C(Cc1sccc1Br)c1cc(Cl)ccc1Br. The first-order chi connectivity index (χ1) is 8.08. The Hall–Kier alpha value is -0.160. The van der Waals surface area contributed by atoms with Gasteiger partial charge in [0.25, 0.3) is 0 Å². The molecule has 0 aliphatic carbocycles. The van der Waals surface area contributed by atoms with Crippen LogP contribution in [0, 0.1) is 0 Å². The van der Waals surface area contributed by atoms with Gasteiger partial charge in [0.1, 0.15) is 0 Å². The average molecular weight is 395 g/mol. The van der Waals surface area contributed by atoms with Crippen molar-refractivity contribution in [3.8, 4) is 0 Å². The van der Waals surface area contributed by atoms with Crippen LogP contribution in [0.3, 0.4) is 0 Å². The van der Waals surface area contributed by atoms with Crippen molar-refractivity contribution in [1.82, 2.24) is 0 Å². The van der Waals surface area contributed by atoms with E-state index in [0.29, 0.717) is 17.0 Å². The molecule has 0 N–H and O–H groups in total. The average Bonchev–Trinajstić information content (AvgIpc) is 2.68. The number of thiophene rings is 1. The minimum Gasteiger partial charge on any atom is -0.294 e. The second-order valence-electron chi connectivity index (χ2n) is 3.42. The number of benzene rings is 1. The Morgan fingerprint density at radius 3 is 2.65 bits per heavy atom. The molecule has 0 aliphatic rings. The van der Waals surface area contributed by atoms with Crippen molar-refractivity contribution in [1.29, 1.82) is 0 Å². The van der Waals surface area contributed by atoms with Crippen LogP contribution >= 0.6 is 54.8 Å². The van der Waals surface area contributed by atoms with E-state index in [-0.39, 0.29) is 5.78 Å². The van der Waals surface area contributed by atoms with E-state index in [0.717, 1.165) is 13.8 Å². The molecule has 0 saturated heterocycles. The number of ketones is 1. The molecule has 0 radical (unpaired) electrons. The molecule has 0 saturated carbocycles. The van der Waals surface area contributed by atoms with Crippen molar-refractivity contribution in [2.24, 2.45) is 0 Å². The van der Waals surface area contributed by atoms with Crippen LogP contribution in [-0.4, -0.2) is 5.78 Å². The van der Waals surface area contributed by atoms with Crippen LogP contribution in [-0.2, 0) is 6.42 Å². The van der Waals surface area contributed by atoms with Gasteiger partial charge in [-0.05, 0) is 45.6 Å². The van der Waals surface area contributed by atoms with Crippen molar-refractivity contribution in [2.75, 3.05) is 0 Å². The third kappa shape index (κ3) is 3.19. The predicted molar refractivity (Wildman–Crippen MR) is 79.2 cm³/mol. The maximum atomic E-state index is 12.1. The van der Waals surface area contributed by atoms with E-state index in [4.69, 9.17) is 11.6 Å². The first-order valence-corrected chi connectivity index (χ1v) is 7.62. The summed E-state index contributed by atoms with van der Waals surface area (Å²) in [7, 11) is 0. The van der Waals surface area contributed by atoms with Crippen molar-refractivity contribution in [3.05, 3.63) is 54.1 Å². The molecule has 0 atom stereocenters. The first-order valence-electron chi connectivity index (χ1n) is 4.78. The van der Waals surface area contributed by atoms with E-state index in [1.54, 1.807) is 29.5 Å². The fourth-order valence-electron chi connectivity index (χ4n) is 1.40. The number of Topliss-reactive ketones (excluding diaryl/α,β-unsaturated/α-hetero) is 1. The molecule has 0 fully saturated rings. The number of carbonyl (C=O) groups excluding carboxylic acids is 1. The molecule has 0 spiro atoms. The molecule has 2 rings (SSSR count). The van der Waals surface area contributed by atoms with Crippen LogP contribution in [0.15, 0.2) is 38.6 Å². The molecule has 5 heteroatoms.